The van der Waals surface area contributed by atoms with Crippen LogP contribution in [-0.4, -0.2) is 29.9 Å². The Morgan fingerprint density at radius 1 is 0.893 bits per heavy atom. The minimum absolute atomic E-state index is 0.00344. The fraction of sp³-hybridized carbons (Fsp3) is 0.870. The monoisotopic (exact) mass is 390 g/mol. The standard InChI is InChI=1S/C23H34O5/c1-13(24)27-15-7-9-22(3)18-8-10-23(4)17(5-6-21(23)28-14(2)25)16(18)12-20(26)19(22)11-15/h15-19,21H,5-12H2,1-4H3/t15-,16-,17-,18-,19?,21+,22+,23-/m0/s1. The molecule has 1 unspecified atom stereocenters. The van der Waals surface area contributed by atoms with Crippen molar-refractivity contribution in [1.29, 1.82) is 0 Å². The number of carbonyl (C=O) groups excluding carboxylic acids is 3. The zero-order chi connectivity index (χ0) is 20.3. The molecule has 0 heterocycles. The second-order valence-corrected chi connectivity index (χ2v) is 10.3. The molecule has 4 aliphatic rings. The first-order chi connectivity index (χ1) is 13.1. The van der Waals surface area contributed by atoms with Gasteiger partial charge in [0.15, 0.2) is 0 Å². The Bertz CT molecular complexity index is 686. The van der Waals surface area contributed by atoms with Gasteiger partial charge in [-0.3, -0.25) is 14.4 Å². The van der Waals surface area contributed by atoms with Crippen molar-refractivity contribution >= 4 is 17.7 Å². The molecule has 8 atom stereocenters. The Kier molecular flexibility index (Phi) is 4.86. The summed E-state index contributed by atoms with van der Waals surface area (Å²) in [7, 11) is 0. The summed E-state index contributed by atoms with van der Waals surface area (Å²) >= 11 is 0. The van der Waals surface area contributed by atoms with Gasteiger partial charge in [-0.05, 0) is 68.1 Å². The topological polar surface area (TPSA) is 69.7 Å². The van der Waals surface area contributed by atoms with E-state index in [1.54, 1.807) is 0 Å². The Labute approximate surface area is 167 Å². The molecular weight excluding hydrogens is 356 g/mol. The molecule has 0 aliphatic heterocycles. The molecule has 0 spiro atoms. The van der Waals surface area contributed by atoms with E-state index in [2.05, 4.69) is 13.8 Å². The maximum atomic E-state index is 13.2. The number of hydrogen-bond donors (Lipinski definition) is 0. The van der Waals surface area contributed by atoms with Crippen LogP contribution >= 0.6 is 0 Å². The minimum Gasteiger partial charge on any atom is -0.463 e. The second-order valence-electron chi connectivity index (χ2n) is 10.3. The van der Waals surface area contributed by atoms with E-state index in [4.69, 9.17) is 9.47 Å². The highest BCUT2D eigenvalue weighted by Gasteiger charge is 2.63. The molecule has 4 saturated carbocycles. The molecule has 28 heavy (non-hydrogen) atoms. The van der Waals surface area contributed by atoms with Crippen LogP contribution < -0.4 is 0 Å². The zero-order valence-electron chi connectivity index (χ0n) is 17.7. The van der Waals surface area contributed by atoms with Gasteiger partial charge in [-0.1, -0.05) is 13.8 Å². The summed E-state index contributed by atoms with van der Waals surface area (Å²) in [6, 6.07) is 0. The quantitative estimate of drug-likeness (QED) is 0.665. The van der Waals surface area contributed by atoms with E-state index in [9.17, 15) is 14.4 Å². The number of esters is 2. The third-order valence-electron chi connectivity index (χ3n) is 8.96. The largest absolute Gasteiger partial charge is 0.463 e. The molecule has 0 aromatic heterocycles. The lowest BCUT2D eigenvalue weighted by Gasteiger charge is -2.59. The second kappa shape index (κ2) is 6.84. The van der Waals surface area contributed by atoms with Crippen LogP contribution in [0.15, 0.2) is 0 Å². The summed E-state index contributed by atoms with van der Waals surface area (Å²) in [6.07, 6.45) is 7.20. The van der Waals surface area contributed by atoms with E-state index in [1.807, 2.05) is 0 Å². The SMILES string of the molecule is CC(=O)O[C@H]1CC[C@@]2(C)C(C1)C(=O)C[C@H]1[C@@H]3CC[C@@H](OC(C)=O)[C@@]3(C)CC[C@@H]12. The molecule has 0 amide bonds. The van der Waals surface area contributed by atoms with Crippen molar-refractivity contribution in [3.63, 3.8) is 0 Å². The highest BCUT2D eigenvalue weighted by atomic mass is 16.5. The van der Waals surface area contributed by atoms with Crippen molar-refractivity contribution in [1.82, 2.24) is 0 Å². The molecule has 0 N–H and O–H groups in total. The molecule has 0 radical (unpaired) electrons. The number of rotatable bonds is 2. The van der Waals surface area contributed by atoms with Gasteiger partial charge in [0.1, 0.15) is 18.0 Å². The van der Waals surface area contributed by atoms with E-state index >= 15 is 0 Å². The predicted octanol–water partition coefficient (Wildman–Crippen LogP) is 4.07. The third kappa shape index (κ3) is 3.00. The summed E-state index contributed by atoms with van der Waals surface area (Å²) in [6.45, 7) is 7.55. The summed E-state index contributed by atoms with van der Waals surface area (Å²) in [5.41, 5.74) is 0.0166. The molecule has 0 aromatic carbocycles. The van der Waals surface area contributed by atoms with Gasteiger partial charge in [0, 0.05) is 31.6 Å². The minimum atomic E-state index is -0.245. The lowest BCUT2D eigenvalue weighted by Crippen LogP contribution is -2.57. The predicted molar refractivity (Wildman–Crippen MR) is 103 cm³/mol. The van der Waals surface area contributed by atoms with E-state index in [0.29, 0.717) is 36.4 Å². The van der Waals surface area contributed by atoms with Gasteiger partial charge in [0.2, 0.25) is 0 Å². The number of Topliss-reactive ketones (excluding diaryl/α,β-unsaturated/α-hetero) is 1. The molecule has 4 fully saturated rings. The van der Waals surface area contributed by atoms with Crippen LogP contribution in [0.1, 0.15) is 79.1 Å². The first-order valence-electron chi connectivity index (χ1n) is 11.0. The van der Waals surface area contributed by atoms with Gasteiger partial charge >= 0.3 is 11.9 Å². The van der Waals surface area contributed by atoms with E-state index < -0.39 is 0 Å². The van der Waals surface area contributed by atoms with E-state index in [-0.39, 0.29) is 40.9 Å². The fourth-order valence-corrected chi connectivity index (χ4v) is 7.69. The first kappa shape index (κ1) is 19.9. The van der Waals surface area contributed by atoms with Crippen LogP contribution in [0.2, 0.25) is 0 Å². The van der Waals surface area contributed by atoms with Crippen molar-refractivity contribution in [3.05, 3.63) is 0 Å². The number of fused-ring (bicyclic) bond motifs is 5. The summed E-state index contributed by atoms with van der Waals surface area (Å²) < 4.78 is 11.2. The normalized spacial score (nSPS) is 47.5. The van der Waals surface area contributed by atoms with Gasteiger partial charge in [-0.2, -0.15) is 0 Å². The highest BCUT2D eigenvalue weighted by molar-refractivity contribution is 5.83. The number of carbonyl (C=O) groups is 3. The molecule has 4 aliphatic carbocycles. The Hall–Kier alpha value is -1.39. The van der Waals surface area contributed by atoms with Crippen LogP contribution in [-0.2, 0) is 23.9 Å². The van der Waals surface area contributed by atoms with Crippen molar-refractivity contribution in [2.75, 3.05) is 0 Å². The van der Waals surface area contributed by atoms with Crippen LogP contribution in [0, 0.1) is 34.5 Å². The maximum Gasteiger partial charge on any atom is 0.302 e. The van der Waals surface area contributed by atoms with Gasteiger partial charge in [0.25, 0.3) is 0 Å². The van der Waals surface area contributed by atoms with Crippen molar-refractivity contribution < 1.29 is 23.9 Å². The third-order valence-corrected chi connectivity index (χ3v) is 8.96. The molecule has 0 aromatic rings. The average molecular weight is 391 g/mol. The van der Waals surface area contributed by atoms with E-state index in [1.165, 1.54) is 13.8 Å². The lowest BCUT2D eigenvalue weighted by molar-refractivity contribution is -0.174. The molecule has 5 heteroatoms. The van der Waals surface area contributed by atoms with Crippen LogP contribution in [0.3, 0.4) is 0 Å². The van der Waals surface area contributed by atoms with Crippen LogP contribution in [0.25, 0.3) is 0 Å². The van der Waals surface area contributed by atoms with Gasteiger partial charge in [0.05, 0.1) is 0 Å². The van der Waals surface area contributed by atoms with Gasteiger partial charge < -0.3 is 9.47 Å². The van der Waals surface area contributed by atoms with Crippen LogP contribution in [0.4, 0.5) is 0 Å². The highest BCUT2D eigenvalue weighted by Crippen LogP contribution is 2.66. The fourth-order valence-electron chi connectivity index (χ4n) is 7.69. The smallest absolute Gasteiger partial charge is 0.302 e. The maximum absolute atomic E-state index is 13.2. The van der Waals surface area contributed by atoms with E-state index in [0.717, 1.165) is 38.5 Å². The number of ketones is 1. The Morgan fingerprint density at radius 3 is 2.21 bits per heavy atom. The average Bonchev–Trinajstić information content (AvgIpc) is 2.92. The van der Waals surface area contributed by atoms with Crippen LogP contribution in [0.5, 0.6) is 0 Å². The van der Waals surface area contributed by atoms with Crippen molar-refractivity contribution in [3.8, 4) is 0 Å². The summed E-state index contributed by atoms with van der Waals surface area (Å²) in [5, 5.41) is 0. The van der Waals surface area contributed by atoms with Gasteiger partial charge in [-0.15, -0.1) is 0 Å². The molecule has 156 valence electrons. The summed E-state index contributed by atoms with van der Waals surface area (Å²) in [4.78, 5) is 36.2. The van der Waals surface area contributed by atoms with Gasteiger partial charge in [-0.25, -0.2) is 0 Å². The van der Waals surface area contributed by atoms with Crippen molar-refractivity contribution in [2.45, 2.75) is 91.3 Å². The number of hydrogen-bond acceptors (Lipinski definition) is 5. The molecule has 5 nitrogen and oxygen atoms in total. The lowest BCUT2D eigenvalue weighted by atomic mass is 9.45. The van der Waals surface area contributed by atoms with Crippen molar-refractivity contribution in [2.24, 2.45) is 34.5 Å². The number of ether oxygens (including phenoxy) is 2. The summed E-state index contributed by atoms with van der Waals surface area (Å²) in [5.74, 6) is 1.35. The molecular formula is C23H34O5. The molecule has 4 rings (SSSR count). The molecule has 0 saturated heterocycles. The Morgan fingerprint density at radius 2 is 1.54 bits per heavy atom. The first-order valence-corrected chi connectivity index (χ1v) is 11.0. The molecule has 0 bridgehead atoms. The zero-order valence-corrected chi connectivity index (χ0v) is 17.7. The Balaban J connectivity index is 1.56.